The van der Waals surface area contributed by atoms with E-state index in [1.165, 1.54) is 31.0 Å². The molecule has 2 rings (SSSR count). The number of aromatic hydroxyl groups is 2. The summed E-state index contributed by atoms with van der Waals surface area (Å²) in [5, 5.41) is 21.2. The van der Waals surface area contributed by atoms with E-state index in [9.17, 15) is 9.90 Å². The van der Waals surface area contributed by atoms with E-state index in [-0.39, 0.29) is 17.4 Å². The van der Waals surface area contributed by atoms with Gasteiger partial charge in [-0.05, 0) is 37.0 Å². The number of phenolic OH excluding ortho intramolecular Hbond substituents is 2. The van der Waals surface area contributed by atoms with Crippen LogP contribution in [-0.2, 0) is 0 Å². The molecule has 17 heavy (non-hydrogen) atoms. The molecule has 92 valence electrons. The van der Waals surface area contributed by atoms with E-state index in [0.717, 1.165) is 0 Å². The van der Waals surface area contributed by atoms with Crippen molar-refractivity contribution in [1.29, 1.82) is 0 Å². The van der Waals surface area contributed by atoms with Gasteiger partial charge in [0.2, 0.25) is 0 Å². The lowest BCUT2D eigenvalue weighted by atomic mass is 10.2. The minimum atomic E-state index is -0.282. The highest BCUT2D eigenvalue weighted by molar-refractivity contribution is 9.09. The zero-order valence-corrected chi connectivity index (χ0v) is 10.8. The fraction of sp³-hybridized carbons (Fsp3) is 0.417. The molecule has 1 aliphatic carbocycles. The van der Waals surface area contributed by atoms with Gasteiger partial charge in [-0.3, -0.25) is 4.79 Å². The predicted octanol–water partition coefficient (Wildman–Crippen LogP) is 2.00. The van der Waals surface area contributed by atoms with Crippen molar-refractivity contribution in [1.82, 2.24) is 5.32 Å². The van der Waals surface area contributed by atoms with Gasteiger partial charge in [-0.2, -0.15) is 0 Å². The second-order valence-electron chi connectivity index (χ2n) is 4.27. The van der Waals surface area contributed by atoms with Crippen LogP contribution in [0.2, 0.25) is 0 Å². The predicted molar refractivity (Wildman–Crippen MR) is 67.5 cm³/mol. The van der Waals surface area contributed by atoms with Crippen LogP contribution in [-0.4, -0.2) is 27.5 Å². The molecular formula is C12H14BrNO3. The Morgan fingerprint density at radius 2 is 2.12 bits per heavy atom. The molecule has 1 aliphatic rings. The van der Waals surface area contributed by atoms with Crippen molar-refractivity contribution in [2.45, 2.75) is 17.7 Å². The summed E-state index contributed by atoms with van der Waals surface area (Å²) in [4.78, 5) is 12.0. The summed E-state index contributed by atoms with van der Waals surface area (Å²) in [6, 6.07) is 4.03. The average Bonchev–Trinajstić information content (AvgIpc) is 3.13. The van der Waals surface area contributed by atoms with Crippen LogP contribution in [0.1, 0.15) is 23.2 Å². The number of amides is 1. The Morgan fingerprint density at radius 3 is 2.71 bits per heavy atom. The molecule has 1 saturated carbocycles. The van der Waals surface area contributed by atoms with Crippen molar-refractivity contribution in [3.63, 3.8) is 0 Å². The first-order chi connectivity index (χ1) is 8.08. The van der Waals surface area contributed by atoms with E-state index < -0.39 is 0 Å². The number of hydrogen-bond donors (Lipinski definition) is 3. The van der Waals surface area contributed by atoms with Gasteiger partial charge in [0.1, 0.15) is 0 Å². The molecule has 1 atom stereocenters. The van der Waals surface area contributed by atoms with Crippen LogP contribution in [0.5, 0.6) is 11.5 Å². The van der Waals surface area contributed by atoms with Gasteiger partial charge in [-0.15, -0.1) is 0 Å². The number of benzene rings is 1. The highest BCUT2D eigenvalue weighted by Gasteiger charge is 2.29. The van der Waals surface area contributed by atoms with E-state index in [1.807, 2.05) is 0 Å². The van der Waals surface area contributed by atoms with Crippen molar-refractivity contribution >= 4 is 21.8 Å². The molecule has 5 heteroatoms. The third kappa shape index (κ3) is 3.12. The van der Waals surface area contributed by atoms with Crippen LogP contribution >= 0.6 is 15.9 Å². The molecule has 0 bridgehead atoms. The molecule has 1 aromatic rings. The second kappa shape index (κ2) is 4.96. The molecule has 0 heterocycles. The van der Waals surface area contributed by atoms with Crippen molar-refractivity contribution in [2.24, 2.45) is 5.92 Å². The minimum absolute atomic E-state index is 0.224. The molecule has 1 fully saturated rings. The lowest BCUT2D eigenvalue weighted by Gasteiger charge is -2.10. The molecule has 4 nitrogen and oxygen atoms in total. The zero-order chi connectivity index (χ0) is 12.4. The fourth-order valence-corrected chi connectivity index (χ4v) is 2.27. The van der Waals surface area contributed by atoms with Crippen LogP contribution < -0.4 is 5.32 Å². The van der Waals surface area contributed by atoms with Gasteiger partial charge in [-0.1, -0.05) is 15.9 Å². The quantitative estimate of drug-likeness (QED) is 0.588. The lowest BCUT2D eigenvalue weighted by Crippen LogP contribution is -2.30. The van der Waals surface area contributed by atoms with Crippen molar-refractivity contribution in [3.8, 4) is 11.5 Å². The van der Waals surface area contributed by atoms with Crippen molar-refractivity contribution < 1.29 is 15.0 Å². The van der Waals surface area contributed by atoms with E-state index in [0.29, 0.717) is 22.9 Å². The number of alkyl halides is 1. The maximum Gasteiger partial charge on any atom is 0.251 e. The van der Waals surface area contributed by atoms with Crippen LogP contribution in [0.4, 0.5) is 0 Å². The Morgan fingerprint density at radius 1 is 1.41 bits per heavy atom. The molecule has 0 spiro atoms. The fourth-order valence-electron chi connectivity index (χ4n) is 1.58. The minimum Gasteiger partial charge on any atom is -0.504 e. The van der Waals surface area contributed by atoms with Crippen molar-refractivity contribution in [2.75, 3.05) is 6.54 Å². The number of nitrogens with one attached hydrogen (secondary N) is 1. The summed E-state index contributed by atoms with van der Waals surface area (Å²) in [5.74, 6) is -0.0814. The Labute approximate surface area is 108 Å². The molecule has 0 aliphatic heterocycles. The summed E-state index contributed by atoms with van der Waals surface area (Å²) in [7, 11) is 0. The molecule has 0 radical (unpaired) electrons. The summed E-state index contributed by atoms with van der Waals surface area (Å²) in [5.41, 5.74) is 0.343. The van der Waals surface area contributed by atoms with Crippen LogP contribution in [0, 0.1) is 5.92 Å². The molecule has 0 saturated heterocycles. The lowest BCUT2D eigenvalue weighted by molar-refractivity contribution is 0.0953. The van der Waals surface area contributed by atoms with E-state index in [2.05, 4.69) is 21.2 Å². The third-order valence-corrected chi connectivity index (χ3v) is 3.90. The van der Waals surface area contributed by atoms with Gasteiger partial charge >= 0.3 is 0 Å². The van der Waals surface area contributed by atoms with Crippen LogP contribution in [0.25, 0.3) is 0 Å². The number of hydrogen-bond acceptors (Lipinski definition) is 3. The monoisotopic (exact) mass is 299 g/mol. The number of carbonyl (C=O) groups is 1. The molecular weight excluding hydrogens is 286 g/mol. The molecule has 0 aromatic heterocycles. The van der Waals surface area contributed by atoms with Gasteiger partial charge in [0.15, 0.2) is 11.5 Å². The second-order valence-corrected chi connectivity index (χ2v) is 5.44. The highest BCUT2D eigenvalue weighted by atomic mass is 79.9. The van der Waals surface area contributed by atoms with Gasteiger partial charge in [0, 0.05) is 16.9 Å². The zero-order valence-electron chi connectivity index (χ0n) is 9.19. The van der Waals surface area contributed by atoms with Crippen molar-refractivity contribution in [3.05, 3.63) is 23.8 Å². The van der Waals surface area contributed by atoms with E-state index >= 15 is 0 Å². The Bertz CT molecular complexity index is 432. The Kier molecular flexibility index (Phi) is 3.57. The highest BCUT2D eigenvalue weighted by Crippen LogP contribution is 2.36. The summed E-state index contributed by atoms with van der Waals surface area (Å²) in [6.45, 7) is 0.575. The first-order valence-corrected chi connectivity index (χ1v) is 6.43. The van der Waals surface area contributed by atoms with Crippen LogP contribution in [0.3, 0.4) is 0 Å². The topological polar surface area (TPSA) is 69.6 Å². The number of carbonyl (C=O) groups excluding carboxylic acids is 1. The van der Waals surface area contributed by atoms with Crippen LogP contribution in [0.15, 0.2) is 18.2 Å². The number of phenols is 2. The van der Waals surface area contributed by atoms with E-state index in [1.54, 1.807) is 0 Å². The first kappa shape index (κ1) is 12.2. The number of halogens is 1. The summed E-state index contributed by atoms with van der Waals surface area (Å²) in [6.07, 6.45) is 2.43. The maximum absolute atomic E-state index is 11.7. The van der Waals surface area contributed by atoms with Gasteiger partial charge in [-0.25, -0.2) is 0 Å². The largest absolute Gasteiger partial charge is 0.504 e. The Balaban J connectivity index is 1.92. The first-order valence-electron chi connectivity index (χ1n) is 5.52. The summed E-state index contributed by atoms with van der Waals surface area (Å²) >= 11 is 3.53. The molecule has 1 aromatic carbocycles. The van der Waals surface area contributed by atoms with Gasteiger partial charge in [0.05, 0.1) is 0 Å². The van der Waals surface area contributed by atoms with Gasteiger partial charge < -0.3 is 15.5 Å². The molecule has 1 unspecified atom stereocenters. The average molecular weight is 300 g/mol. The number of rotatable bonds is 4. The maximum atomic E-state index is 11.7. The SMILES string of the molecule is O=C(NCC(Br)C1CC1)c1ccc(O)c(O)c1. The van der Waals surface area contributed by atoms with E-state index in [4.69, 9.17) is 5.11 Å². The normalized spacial score (nSPS) is 16.5. The summed E-state index contributed by atoms with van der Waals surface area (Å²) < 4.78 is 0. The molecule has 3 N–H and O–H groups in total. The molecule has 1 amide bonds. The standard InChI is InChI=1S/C12H14BrNO3/c13-9(7-1-2-7)6-14-12(17)8-3-4-10(15)11(16)5-8/h3-5,7,9,15-16H,1-2,6H2,(H,14,17). The Hall–Kier alpha value is -1.23. The van der Waals surface area contributed by atoms with Gasteiger partial charge in [0.25, 0.3) is 5.91 Å². The third-order valence-electron chi connectivity index (χ3n) is 2.83. The smallest absolute Gasteiger partial charge is 0.251 e.